The Morgan fingerprint density at radius 2 is 0.855 bits per heavy atom. The topological polar surface area (TPSA) is 122 Å². The van der Waals surface area contributed by atoms with Crippen LogP contribution in [0.4, 0.5) is 11.4 Å². The highest BCUT2D eigenvalue weighted by molar-refractivity contribution is 7.91. The molecular formula is C48H56N4O6S4. The van der Waals surface area contributed by atoms with E-state index in [-0.39, 0.29) is 12.1 Å². The summed E-state index contributed by atoms with van der Waals surface area (Å²) in [5.41, 5.74) is 4.38. The fraction of sp³-hybridized carbons (Fsp3) is 0.333. The molecule has 8 rings (SSSR count). The fourth-order valence-electron chi connectivity index (χ4n) is 8.09. The lowest BCUT2D eigenvalue weighted by molar-refractivity contribution is 0.0780. The van der Waals surface area contributed by atoms with Crippen LogP contribution in [0.2, 0.25) is 0 Å². The second kappa shape index (κ2) is 19.2. The molecule has 4 aromatic carbocycles. The van der Waals surface area contributed by atoms with Gasteiger partial charge in [0.15, 0.2) is 0 Å². The number of benzene rings is 4. The van der Waals surface area contributed by atoms with E-state index in [0.29, 0.717) is 47.7 Å². The van der Waals surface area contributed by atoms with Crippen LogP contribution >= 0.6 is 22.7 Å². The molecule has 2 atom stereocenters. The molecule has 2 fully saturated rings. The smallest absolute Gasteiger partial charge is 0.252 e. The van der Waals surface area contributed by atoms with Gasteiger partial charge in [-0.1, -0.05) is 97.1 Å². The van der Waals surface area contributed by atoms with Gasteiger partial charge in [0.2, 0.25) is 0 Å². The number of sulfonamides is 2. The molecule has 14 heteroatoms. The molecule has 6 aromatic rings. The zero-order chi connectivity index (χ0) is 44.1. The zero-order valence-electron chi connectivity index (χ0n) is 35.6. The molecule has 10 nitrogen and oxygen atoms in total. The highest BCUT2D eigenvalue weighted by Crippen LogP contribution is 2.32. The van der Waals surface area contributed by atoms with Gasteiger partial charge in [0.25, 0.3) is 20.0 Å². The van der Waals surface area contributed by atoms with Gasteiger partial charge in [0, 0.05) is 62.7 Å². The van der Waals surface area contributed by atoms with Gasteiger partial charge in [-0.05, 0) is 110 Å². The maximum absolute atomic E-state index is 13.1. The van der Waals surface area contributed by atoms with Gasteiger partial charge in [-0.15, -0.1) is 22.7 Å². The normalized spacial score (nSPS) is 18.3. The zero-order valence-corrected chi connectivity index (χ0v) is 38.9. The van der Waals surface area contributed by atoms with Gasteiger partial charge in [-0.3, -0.25) is 0 Å². The second-order valence-electron chi connectivity index (χ2n) is 16.9. The Kier molecular flexibility index (Phi) is 14.1. The van der Waals surface area contributed by atoms with E-state index in [1.54, 1.807) is 71.3 Å². The summed E-state index contributed by atoms with van der Waals surface area (Å²) < 4.78 is 56.6. The minimum absolute atomic E-state index is 0.0128. The first-order valence-corrected chi connectivity index (χ1v) is 25.5. The van der Waals surface area contributed by atoms with Crippen molar-refractivity contribution in [2.45, 2.75) is 72.2 Å². The molecule has 2 saturated heterocycles. The van der Waals surface area contributed by atoms with Crippen molar-refractivity contribution in [3.8, 4) is 0 Å². The van der Waals surface area contributed by atoms with E-state index in [2.05, 4.69) is 34.1 Å². The first kappa shape index (κ1) is 45.6. The van der Waals surface area contributed by atoms with Gasteiger partial charge in [0.05, 0.1) is 11.2 Å². The van der Waals surface area contributed by atoms with Crippen molar-refractivity contribution in [2.24, 2.45) is 0 Å². The maximum Gasteiger partial charge on any atom is 0.252 e. The predicted octanol–water partition coefficient (Wildman–Crippen LogP) is 8.20. The molecule has 328 valence electrons. The van der Waals surface area contributed by atoms with E-state index in [1.165, 1.54) is 33.8 Å². The summed E-state index contributed by atoms with van der Waals surface area (Å²) >= 11 is 2.53. The third-order valence-electron chi connectivity index (χ3n) is 11.5. The van der Waals surface area contributed by atoms with Gasteiger partial charge < -0.3 is 20.0 Å². The van der Waals surface area contributed by atoms with Crippen molar-refractivity contribution in [1.29, 1.82) is 0 Å². The first-order valence-electron chi connectivity index (χ1n) is 20.8. The van der Waals surface area contributed by atoms with Crippen LogP contribution in [0.3, 0.4) is 0 Å². The first-order chi connectivity index (χ1) is 29.5. The van der Waals surface area contributed by atoms with Crippen LogP contribution in [0.25, 0.3) is 0 Å². The summed E-state index contributed by atoms with van der Waals surface area (Å²) in [4.78, 5) is 4.59. The standard InChI is InChI=1S/2C24H28N2O3S2/c2*1-24(2,27)20-10-12-21(13-11-20)26-15-14-25(31(28,29)23-9-6-16-30-23)18-22(26)17-19-7-4-3-5-8-19/h2*3-13,16,22,27H,14-15,17-18H2,1-2H3/t2*22-/m00/s1. The van der Waals surface area contributed by atoms with E-state index in [1.807, 2.05) is 84.9 Å². The molecule has 0 aliphatic carbocycles. The summed E-state index contributed by atoms with van der Waals surface area (Å²) in [6.07, 6.45) is 1.51. The van der Waals surface area contributed by atoms with E-state index >= 15 is 0 Å². The summed E-state index contributed by atoms with van der Waals surface area (Å²) in [5, 5.41) is 24.1. The van der Waals surface area contributed by atoms with Crippen LogP contribution in [0.5, 0.6) is 0 Å². The Labute approximate surface area is 375 Å². The highest BCUT2D eigenvalue weighted by Gasteiger charge is 2.37. The Morgan fingerprint density at radius 3 is 1.16 bits per heavy atom. The molecule has 0 spiro atoms. The quantitative estimate of drug-likeness (QED) is 0.126. The predicted molar refractivity (Wildman–Crippen MR) is 252 cm³/mol. The van der Waals surface area contributed by atoms with Crippen molar-refractivity contribution >= 4 is 54.1 Å². The van der Waals surface area contributed by atoms with Crippen LogP contribution in [0, 0.1) is 0 Å². The van der Waals surface area contributed by atoms with E-state index in [9.17, 15) is 27.0 Å². The molecule has 2 aliphatic heterocycles. The van der Waals surface area contributed by atoms with Gasteiger partial charge >= 0.3 is 0 Å². The maximum atomic E-state index is 13.1. The third kappa shape index (κ3) is 10.9. The lowest BCUT2D eigenvalue weighted by Crippen LogP contribution is -2.55. The number of hydrogen-bond donors (Lipinski definition) is 2. The third-order valence-corrected chi connectivity index (χ3v) is 18.0. The molecule has 2 aromatic heterocycles. The molecule has 0 bridgehead atoms. The fourth-order valence-corrected chi connectivity index (χ4v) is 13.3. The lowest BCUT2D eigenvalue weighted by atomic mass is 9.97. The van der Waals surface area contributed by atoms with Gasteiger partial charge in [-0.2, -0.15) is 8.61 Å². The number of aliphatic hydroxyl groups is 2. The van der Waals surface area contributed by atoms with E-state index < -0.39 is 31.2 Å². The molecule has 2 aliphatic rings. The van der Waals surface area contributed by atoms with Crippen molar-refractivity contribution in [3.05, 3.63) is 166 Å². The molecule has 0 amide bonds. The van der Waals surface area contributed by atoms with Crippen LogP contribution in [-0.4, -0.2) is 87.0 Å². The highest BCUT2D eigenvalue weighted by atomic mass is 32.3. The molecule has 0 unspecified atom stereocenters. The van der Waals surface area contributed by atoms with Crippen LogP contribution in [0.15, 0.2) is 153 Å². The molecule has 2 N–H and O–H groups in total. The number of anilines is 2. The largest absolute Gasteiger partial charge is 0.386 e. The van der Waals surface area contributed by atoms with Gasteiger partial charge in [-0.25, -0.2) is 16.8 Å². The molecule has 4 heterocycles. The lowest BCUT2D eigenvalue weighted by Gasteiger charge is -2.42. The Balaban J connectivity index is 0.000000186. The number of thiophene rings is 2. The van der Waals surface area contributed by atoms with Crippen LogP contribution in [-0.2, 0) is 44.1 Å². The summed E-state index contributed by atoms with van der Waals surface area (Å²) in [6, 6.07) is 43.2. The Hall–Kier alpha value is -4.38. The Morgan fingerprint density at radius 1 is 0.500 bits per heavy atom. The SMILES string of the molecule is CC(C)(O)c1ccc(N2CCN(S(=O)(=O)c3cccs3)C[C@@H]2Cc2ccccc2)cc1.CC(C)(O)c1ccc(N2CCN(S(=O)(=O)c3cccs3)C[C@@H]2Cc2ccccc2)cc1. The summed E-state index contributed by atoms with van der Waals surface area (Å²) in [7, 11) is -6.97. The molecule has 0 radical (unpaired) electrons. The summed E-state index contributed by atoms with van der Waals surface area (Å²) in [6.45, 7) is 10.1. The van der Waals surface area contributed by atoms with E-state index in [0.717, 1.165) is 35.3 Å². The van der Waals surface area contributed by atoms with Crippen molar-refractivity contribution < 1.29 is 27.0 Å². The monoisotopic (exact) mass is 912 g/mol. The number of piperazine rings is 2. The van der Waals surface area contributed by atoms with Crippen LogP contribution in [0.1, 0.15) is 49.9 Å². The average molecular weight is 913 g/mol. The minimum Gasteiger partial charge on any atom is -0.386 e. The van der Waals surface area contributed by atoms with Crippen molar-refractivity contribution in [1.82, 2.24) is 8.61 Å². The number of hydrogen-bond acceptors (Lipinski definition) is 10. The Bertz CT molecular complexity index is 2360. The minimum atomic E-state index is -3.48. The van der Waals surface area contributed by atoms with Crippen molar-refractivity contribution in [2.75, 3.05) is 49.1 Å². The second-order valence-corrected chi connectivity index (χ2v) is 23.1. The summed E-state index contributed by atoms with van der Waals surface area (Å²) in [5.74, 6) is 0. The molecular weight excluding hydrogens is 857 g/mol. The average Bonchev–Trinajstić information content (AvgIpc) is 4.02. The van der Waals surface area contributed by atoms with Crippen molar-refractivity contribution in [3.63, 3.8) is 0 Å². The molecule has 0 saturated carbocycles. The number of nitrogens with zero attached hydrogens (tertiary/aromatic N) is 4. The molecule has 62 heavy (non-hydrogen) atoms. The van der Waals surface area contributed by atoms with Gasteiger partial charge in [0.1, 0.15) is 8.42 Å². The van der Waals surface area contributed by atoms with E-state index in [4.69, 9.17) is 0 Å². The van der Waals surface area contributed by atoms with Crippen LogP contribution < -0.4 is 9.80 Å². The number of rotatable bonds is 12.